The molecule has 0 heterocycles. The molecule has 2 aromatic rings. The van der Waals surface area contributed by atoms with E-state index in [4.69, 9.17) is 16.9 Å². The van der Waals surface area contributed by atoms with Gasteiger partial charge < -0.3 is 10.6 Å². The summed E-state index contributed by atoms with van der Waals surface area (Å²) in [6.07, 6.45) is 0. The first kappa shape index (κ1) is 15.8. The molecular formula is C16H13ClFN3O. The van der Waals surface area contributed by atoms with Gasteiger partial charge in [-0.05, 0) is 42.8 Å². The highest BCUT2D eigenvalue weighted by molar-refractivity contribution is 6.30. The number of halogens is 2. The molecular weight excluding hydrogens is 305 g/mol. The molecule has 4 nitrogen and oxygen atoms in total. The summed E-state index contributed by atoms with van der Waals surface area (Å²) in [5.74, 6) is -0.531. The number of carbonyl (C=O) groups excluding carboxylic acids is 1. The highest BCUT2D eigenvalue weighted by atomic mass is 35.5. The summed E-state index contributed by atoms with van der Waals surface area (Å²) in [6.45, 7) is 1.82. The molecule has 6 heteroatoms. The van der Waals surface area contributed by atoms with Crippen molar-refractivity contribution in [3.63, 3.8) is 0 Å². The second-order valence-electron chi connectivity index (χ2n) is 4.67. The number of rotatable bonds is 3. The predicted octanol–water partition coefficient (Wildman–Crippen LogP) is 4.23. The van der Waals surface area contributed by atoms with E-state index in [1.165, 1.54) is 12.1 Å². The molecule has 0 aromatic heterocycles. The summed E-state index contributed by atoms with van der Waals surface area (Å²) in [6, 6.07) is 11.8. The van der Waals surface area contributed by atoms with E-state index < -0.39 is 11.8 Å². The summed E-state index contributed by atoms with van der Waals surface area (Å²) in [5, 5.41) is 14.8. The lowest BCUT2D eigenvalue weighted by atomic mass is 10.1. The van der Waals surface area contributed by atoms with Gasteiger partial charge in [-0.25, -0.2) is 9.18 Å². The maximum atomic E-state index is 13.0. The SMILES string of the molecule is CC(NC(=O)Nc1ccc(F)cc1C#N)c1ccc(Cl)cc1. The molecule has 2 N–H and O–H groups in total. The number of anilines is 1. The number of hydrogen-bond acceptors (Lipinski definition) is 2. The van der Waals surface area contributed by atoms with Crippen LogP contribution >= 0.6 is 11.6 Å². The van der Waals surface area contributed by atoms with Crippen LogP contribution in [0.4, 0.5) is 14.9 Å². The van der Waals surface area contributed by atoms with Gasteiger partial charge in [-0.2, -0.15) is 5.26 Å². The number of nitrogens with one attached hydrogen (secondary N) is 2. The van der Waals surface area contributed by atoms with Crippen molar-refractivity contribution in [2.45, 2.75) is 13.0 Å². The van der Waals surface area contributed by atoms with Gasteiger partial charge in [0.1, 0.15) is 11.9 Å². The van der Waals surface area contributed by atoms with Crippen LogP contribution in [0.2, 0.25) is 5.02 Å². The lowest BCUT2D eigenvalue weighted by Gasteiger charge is -2.15. The zero-order valence-electron chi connectivity index (χ0n) is 11.7. The van der Waals surface area contributed by atoms with Crippen molar-refractivity contribution in [1.82, 2.24) is 5.32 Å². The van der Waals surface area contributed by atoms with Gasteiger partial charge in [-0.3, -0.25) is 0 Å². The van der Waals surface area contributed by atoms with Crippen LogP contribution in [-0.4, -0.2) is 6.03 Å². The Bertz CT molecular complexity index is 725. The second-order valence-corrected chi connectivity index (χ2v) is 5.11. The number of amides is 2. The molecule has 0 aliphatic heterocycles. The summed E-state index contributed by atoms with van der Waals surface area (Å²) in [5.41, 5.74) is 1.21. The molecule has 0 saturated heterocycles. The fourth-order valence-corrected chi connectivity index (χ4v) is 2.03. The maximum absolute atomic E-state index is 13.0. The standard InChI is InChI=1S/C16H13ClFN3O/c1-10(11-2-4-13(17)5-3-11)20-16(22)21-15-7-6-14(18)8-12(15)9-19/h2-8,10H,1H3,(H2,20,21,22). The normalized spacial score (nSPS) is 11.4. The monoisotopic (exact) mass is 317 g/mol. The van der Waals surface area contributed by atoms with Gasteiger partial charge in [-0.1, -0.05) is 23.7 Å². The minimum Gasteiger partial charge on any atom is -0.331 e. The van der Waals surface area contributed by atoms with Gasteiger partial charge in [0.05, 0.1) is 17.3 Å². The third kappa shape index (κ3) is 3.96. The van der Waals surface area contributed by atoms with Crippen molar-refractivity contribution >= 4 is 23.3 Å². The van der Waals surface area contributed by atoms with E-state index in [0.29, 0.717) is 5.02 Å². The van der Waals surface area contributed by atoms with Gasteiger partial charge in [0.2, 0.25) is 0 Å². The number of nitrogens with zero attached hydrogens (tertiary/aromatic N) is 1. The van der Waals surface area contributed by atoms with Crippen molar-refractivity contribution < 1.29 is 9.18 Å². The van der Waals surface area contributed by atoms with Gasteiger partial charge in [-0.15, -0.1) is 0 Å². The Balaban J connectivity index is 2.04. The fraction of sp³-hybridized carbons (Fsp3) is 0.125. The highest BCUT2D eigenvalue weighted by Gasteiger charge is 2.11. The Morgan fingerprint density at radius 2 is 1.95 bits per heavy atom. The lowest BCUT2D eigenvalue weighted by molar-refractivity contribution is 0.249. The Hall–Kier alpha value is -2.58. The summed E-state index contributed by atoms with van der Waals surface area (Å²) >= 11 is 5.81. The molecule has 2 rings (SSSR count). The summed E-state index contributed by atoms with van der Waals surface area (Å²) in [7, 11) is 0. The number of nitriles is 1. The molecule has 2 amide bonds. The van der Waals surface area contributed by atoms with Crippen molar-refractivity contribution in [1.29, 1.82) is 5.26 Å². The average molecular weight is 318 g/mol. The van der Waals surface area contributed by atoms with Crippen molar-refractivity contribution in [2.75, 3.05) is 5.32 Å². The maximum Gasteiger partial charge on any atom is 0.319 e. The van der Waals surface area contributed by atoms with E-state index in [2.05, 4.69) is 10.6 Å². The van der Waals surface area contributed by atoms with E-state index in [1.54, 1.807) is 12.1 Å². The number of urea groups is 1. The Kier molecular flexibility index (Phi) is 4.97. The molecule has 0 fully saturated rings. The van der Waals surface area contributed by atoms with Crippen LogP contribution in [0, 0.1) is 17.1 Å². The summed E-state index contributed by atoms with van der Waals surface area (Å²) in [4.78, 5) is 12.0. The first-order valence-electron chi connectivity index (χ1n) is 6.52. The Labute approximate surface area is 132 Å². The van der Waals surface area contributed by atoms with Crippen LogP contribution in [0.3, 0.4) is 0 Å². The Morgan fingerprint density at radius 1 is 1.27 bits per heavy atom. The van der Waals surface area contributed by atoms with Gasteiger partial charge in [0.25, 0.3) is 0 Å². The van der Waals surface area contributed by atoms with E-state index >= 15 is 0 Å². The first-order chi connectivity index (χ1) is 10.5. The molecule has 22 heavy (non-hydrogen) atoms. The topological polar surface area (TPSA) is 64.9 Å². The molecule has 0 aliphatic carbocycles. The quantitative estimate of drug-likeness (QED) is 0.889. The molecule has 0 spiro atoms. The first-order valence-corrected chi connectivity index (χ1v) is 6.90. The van der Waals surface area contributed by atoms with E-state index in [1.807, 2.05) is 25.1 Å². The van der Waals surface area contributed by atoms with Gasteiger partial charge in [0, 0.05) is 5.02 Å². The molecule has 0 aliphatic rings. The third-order valence-electron chi connectivity index (χ3n) is 3.07. The van der Waals surface area contributed by atoms with E-state index in [9.17, 15) is 9.18 Å². The zero-order valence-corrected chi connectivity index (χ0v) is 12.5. The molecule has 112 valence electrons. The number of hydrogen-bond donors (Lipinski definition) is 2. The van der Waals surface area contributed by atoms with Crippen LogP contribution in [0.5, 0.6) is 0 Å². The van der Waals surface area contributed by atoms with Crippen LogP contribution in [0.1, 0.15) is 24.1 Å². The van der Waals surface area contributed by atoms with Crippen molar-refractivity contribution in [3.05, 3.63) is 64.4 Å². The lowest BCUT2D eigenvalue weighted by Crippen LogP contribution is -2.31. The largest absolute Gasteiger partial charge is 0.331 e. The smallest absolute Gasteiger partial charge is 0.319 e. The molecule has 1 atom stereocenters. The molecule has 2 aromatic carbocycles. The third-order valence-corrected chi connectivity index (χ3v) is 3.32. The van der Waals surface area contributed by atoms with E-state index in [0.717, 1.165) is 11.6 Å². The number of benzene rings is 2. The highest BCUT2D eigenvalue weighted by Crippen LogP contribution is 2.18. The number of carbonyl (C=O) groups is 1. The minimum atomic E-state index is -0.531. The molecule has 0 saturated carbocycles. The van der Waals surface area contributed by atoms with Crippen LogP contribution in [0.15, 0.2) is 42.5 Å². The van der Waals surface area contributed by atoms with Crippen LogP contribution < -0.4 is 10.6 Å². The van der Waals surface area contributed by atoms with Crippen molar-refractivity contribution in [2.24, 2.45) is 0 Å². The minimum absolute atomic E-state index is 0.0642. The molecule has 0 radical (unpaired) electrons. The summed E-state index contributed by atoms with van der Waals surface area (Å²) < 4.78 is 13.0. The van der Waals surface area contributed by atoms with Gasteiger partial charge >= 0.3 is 6.03 Å². The van der Waals surface area contributed by atoms with Gasteiger partial charge in [0.15, 0.2) is 0 Å². The van der Waals surface area contributed by atoms with Crippen molar-refractivity contribution in [3.8, 4) is 6.07 Å². The molecule has 0 bridgehead atoms. The Morgan fingerprint density at radius 3 is 2.59 bits per heavy atom. The van der Waals surface area contributed by atoms with E-state index in [-0.39, 0.29) is 17.3 Å². The van der Waals surface area contributed by atoms with Crippen LogP contribution in [0.25, 0.3) is 0 Å². The second kappa shape index (κ2) is 6.92. The molecule has 1 unspecified atom stereocenters. The predicted molar refractivity (Wildman–Crippen MR) is 83.1 cm³/mol. The fourth-order valence-electron chi connectivity index (χ4n) is 1.91. The van der Waals surface area contributed by atoms with Crippen LogP contribution in [-0.2, 0) is 0 Å². The average Bonchev–Trinajstić information content (AvgIpc) is 2.49. The zero-order chi connectivity index (χ0) is 16.1.